The molecule has 4 amide bonds. The molecule has 0 aliphatic carbocycles. The third-order valence-corrected chi connectivity index (χ3v) is 7.86. The molecule has 2 aliphatic heterocycles. The zero-order valence-corrected chi connectivity index (χ0v) is 20.3. The summed E-state index contributed by atoms with van der Waals surface area (Å²) in [4.78, 5) is 53.2. The summed E-state index contributed by atoms with van der Waals surface area (Å²) in [5, 5.41) is -2.69. The minimum absolute atomic E-state index is 0.139. The van der Waals surface area contributed by atoms with Gasteiger partial charge in [0.25, 0.3) is 23.6 Å². The highest BCUT2D eigenvalue weighted by atomic mass is 19.4. The molecule has 2 aliphatic rings. The van der Waals surface area contributed by atoms with Crippen molar-refractivity contribution in [2.24, 2.45) is 0 Å². The van der Waals surface area contributed by atoms with Crippen molar-refractivity contribution in [3.63, 3.8) is 0 Å². The van der Waals surface area contributed by atoms with Crippen molar-refractivity contribution in [3.05, 3.63) is 69.8 Å². The number of amides is 4. The van der Waals surface area contributed by atoms with Crippen LogP contribution in [0.15, 0.2) is 36.4 Å². The average molecular weight is 554 g/mol. The van der Waals surface area contributed by atoms with E-state index in [2.05, 4.69) is 0 Å². The lowest BCUT2D eigenvalue weighted by Crippen LogP contribution is -2.37. The molecule has 0 saturated carbocycles. The van der Waals surface area contributed by atoms with E-state index in [1.54, 1.807) is 0 Å². The molecule has 12 heteroatoms. The van der Waals surface area contributed by atoms with Gasteiger partial charge in [-0.2, -0.15) is 26.3 Å². The summed E-state index contributed by atoms with van der Waals surface area (Å²) >= 11 is 0. The van der Waals surface area contributed by atoms with Crippen LogP contribution in [-0.4, -0.2) is 47.5 Å². The van der Waals surface area contributed by atoms with E-state index >= 15 is 0 Å². The van der Waals surface area contributed by atoms with Crippen molar-refractivity contribution < 1.29 is 45.5 Å². The summed E-state index contributed by atoms with van der Waals surface area (Å²) in [6.07, 6.45) is -10.1. The predicted molar refractivity (Wildman–Crippen MR) is 131 cm³/mol. The fourth-order valence-corrected chi connectivity index (χ4v) is 6.16. The molecule has 200 valence electrons. The molecule has 0 N–H and O–H groups in total. The monoisotopic (exact) mass is 554 g/mol. The van der Waals surface area contributed by atoms with E-state index in [0.717, 1.165) is 26.2 Å². The van der Waals surface area contributed by atoms with E-state index in [0.29, 0.717) is 21.9 Å². The second kappa shape index (κ2) is 7.06. The molecule has 40 heavy (non-hydrogen) atoms. The minimum Gasteiger partial charge on any atom is -0.277 e. The number of imide groups is 2. The first kappa shape index (κ1) is 24.3. The van der Waals surface area contributed by atoms with Gasteiger partial charge in [0, 0.05) is 57.9 Å². The third-order valence-electron chi connectivity index (χ3n) is 7.86. The number of hydrogen-bond donors (Lipinski definition) is 0. The van der Waals surface area contributed by atoms with Crippen LogP contribution in [0.5, 0.6) is 0 Å². The van der Waals surface area contributed by atoms with Gasteiger partial charge in [0.1, 0.15) is 0 Å². The topological polar surface area (TPSA) is 74.8 Å². The van der Waals surface area contributed by atoms with Gasteiger partial charge < -0.3 is 0 Å². The zero-order valence-electron chi connectivity index (χ0n) is 20.3. The van der Waals surface area contributed by atoms with Crippen LogP contribution < -0.4 is 0 Å². The number of alkyl halides is 6. The summed E-state index contributed by atoms with van der Waals surface area (Å²) in [5.41, 5.74) is -3.81. The first-order valence-electron chi connectivity index (χ1n) is 11.7. The van der Waals surface area contributed by atoms with Crippen LogP contribution in [0.1, 0.15) is 52.6 Å². The van der Waals surface area contributed by atoms with Gasteiger partial charge in [-0.05, 0) is 45.8 Å². The fraction of sp³-hybridized carbons (Fsp3) is 0.143. The molecule has 0 saturated heterocycles. The average Bonchev–Trinajstić information content (AvgIpc) is 2.89. The molecule has 6 nitrogen and oxygen atoms in total. The Morgan fingerprint density at radius 3 is 1.12 bits per heavy atom. The van der Waals surface area contributed by atoms with E-state index in [1.807, 2.05) is 0 Å². The molecule has 0 atom stereocenters. The van der Waals surface area contributed by atoms with Crippen molar-refractivity contribution >= 4 is 66.7 Å². The van der Waals surface area contributed by atoms with Crippen LogP contribution in [0.4, 0.5) is 26.3 Å². The van der Waals surface area contributed by atoms with Gasteiger partial charge in [-0.3, -0.25) is 29.0 Å². The Balaban J connectivity index is 1.88. The molecule has 0 spiro atoms. The second-order valence-corrected chi connectivity index (χ2v) is 9.85. The van der Waals surface area contributed by atoms with Crippen LogP contribution in [0.25, 0.3) is 43.1 Å². The lowest BCUT2D eigenvalue weighted by molar-refractivity contribution is -0.137. The van der Waals surface area contributed by atoms with Crippen molar-refractivity contribution in [1.29, 1.82) is 0 Å². The van der Waals surface area contributed by atoms with Crippen LogP contribution in [0.3, 0.4) is 0 Å². The molecule has 0 bridgehead atoms. The van der Waals surface area contributed by atoms with Gasteiger partial charge in [-0.25, -0.2) is 0 Å². The number of fused-ring (bicyclic) bond motifs is 2. The SMILES string of the molecule is CN1C(=O)c2ccc3c4c(C(F)(F)F)cc5c6c(ccc(c7c(C(F)(F)F)cc(c2c37)C1=O)c64)C(=O)N(C)C5=O. The standard InChI is InChI=1S/C28H12F6N2O4/c1-35-23(37)11-5-3-9-20-16(28(32,33)34)8-14-18-12(24(38)36(2)26(14)40)6-4-10(22(18)20)19-15(27(29,30)31)7-13(25(35)39)17(11)21(9)19/h3-8H,1-2H3. The molecule has 0 radical (unpaired) electrons. The predicted octanol–water partition coefficient (Wildman–Crippen LogP) is 6.23. The Labute approximate surface area is 218 Å². The molecule has 7 rings (SSSR count). The van der Waals surface area contributed by atoms with E-state index in [-0.39, 0.29) is 43.4 Å². The van der Waals surface area contributed by atoms with Crippen molar-refractivity contribution in [2.75, 3.05) is 14.1 Å². The molecular formula is C28H12F6N2O4. The largest absolute Gasteiger partial charge is 0.417 e. The minimum atomic E-state index is -5.07. The van der Waals surface area contributed by atoms with Gasteiger partial charge in [0.05, 0.1) is 11.1 Å². The molecule has 2 heterocycles. The van der Waals surface area contributed by atoms with Crippen LogP contribution in [-0.2, 0) is 12.4 Å². The number of benzene rings is 5. The van der Waals surface area contributed by atoms with Gasteiger partial charge in [-0.1, -0.05) is 12.1 Å². The van der Waals surface area contributed by atoms with E-state index in [4.69, 9.17) is 0 Å². The third kappa shape index (κ3) is 2.70. The fourth-order valence-electron chi connectivity index (χ4n) is 6.16. The van der Waals surface area contributed by atoms with E-state index in [9.17, 15) is 45.5 Å². The molecule has 5 aromatic rings. The summed E-state index contributed by atoms with van der Waals surface area (Å²) in [6.45, 7) is 0. The van der Waals surface area contributed by atoms with Crippen LogP contribution in [0.2, 0.25) is 0 Å². The van der Waals surface area contributed by atoms with Gasteiger partial charge in [0.15, 0.2) is 0 Å². The Morgan fingerprint density at radius 2 is 0.800 bits per heavy atom. The zero-order chi connectivity index (χ0) is 28.8. The van der Waals surface area contributed by atoms with Crippen LogP contribution in [0, 0.1) is 0 Å². The summed E-state index contributed by atoms with van der Waals surface area (Å²) in [7, 11) is 2.20. The molecule has 0 fully saturated rings. The first-order valence-corrected chi connectivity index (χ1v) is 11.7. The van der Waals surface area contributed by atoms with Crippen LogP contribution >= 0.6 is 0 Å². The van der Waals surface area contributed by atoms with E-state index in [1.165, 1.54) is 12.1 Å². The number of carbonyl (C=O) groups is 4. The summed E-state index contributed by atoms with van der Waals surface area (Å²) < 4.78 is 87.6. The number of hydrogen-bond acceptors (Lipinski definition) is 4. The Morgan fingerprint density at radius 1 is 0.475 bits per heavy atom. The smallest absolute Gasteiger partial charge is 0.277 e. The maximum atomic E-state index is 14.6. The first-order chi connectivity index (χ1) is 18.6. The van der Waals surface area contributed by atoms with Gasteiger partial charge in [0.2, 0.25) is 0 Å². The molecular weight excluding hydrogens is 542 g/mol. The number of carbonyl (C=O) groups excluding carboxylic acids is 4. The highest BCUT2D eigenvalue weighted by molar-refractivity contribution is 6.42. The number of rotatable bonds is 0. The summed E-state index contributed by atoms with van der Waals surface area (Å²) in [6, 6.07) is 5.79. The van der Waals surface area contributed by atoms with Crippen molar-refractivity contribution in [3.8, 4) is 0 Å². The Kier molecular flexibility index (Phi) is 4.29. The normalized spacial score (nSPS) is 16.1. The maximum absolute atomic E-state index is 14.6. The number of nitrogens with zero attached hydrogens (tertiary/aromatic N) is 2. The lowest BCUT2D eigenvalue weighted by Gasteiger charge is -2.30. The van der Waals surface area contributed by atoms with Gasteiger partial charge >= 0.3 is 12.4 Å². The highest BCUT2D eigenvalue weighted by Crippen LogP contribution is 2.52. The quantitative estimate of drug-likeness (QED) is 0.0986. The van der Waals surface area contributed by atoms with E-state index < -0.39 is 69.0 Å². The molecule has 0 unspecified atom stereocenters. The van der Waals surface area contributed by atoms with Gasteiger partial charge in [-0.15, -0.1) is 0 Å². The number of halogens is 6. The van der Waals surface area contributed by atoms with Crippen molar-refractivity contribution in [1.82, 2.24) is 9.80 Å². The molecule has 0 aromatic heterocycles. The second-order valence-electron chi connectivity index (χ2n) is 9.85. The summed E-state index contributed by atoms with van der Waals surface area (Å²) in [5.74, 6) is -3.70. The highest BCUT2D eigenvalue weighted by Gasteiger charge is 2.43. The van der Waals surface area contributed by atoms with Crippen molar-refractivity contribution in [2.45, 2.75) is 12.4 Å². The Hall–Kier alpha value is -4.74. The lowest BCUT2D eigenvalue weighted by atomic mass is 9.79. The molecule has 5 aromatic carbocycles. The maximum Gasteiger partial charge on any atom is 0.417 e. The Bertz CT molecular complexity index is 1940.